The third kappa shape index (κ3) is 4.10. The average molecular weight is 437 g/mol. The van der Waals surface area contributed by atoms with Crippen LogP contribution in [0.5, 0.6) is 0 Å². The molecule has 0 N–H and O–H groups in total. The summed E-state index contributed by atoms with van der Waals surface area (Å²) in [5.41, 5.74) is 0.354. The Labute approximate surface area is 184 Å². The minimum atomic E-state index is -0.572. The lowest BCUT2D eigenvalue weighted by molar-refractivity contribution is 0.0528. The van der Waals surface area contributed by atoms with Gasteiger partial charge in [0, 0.05) is 38.9 Å². The van der Waals surface area contributed by atoms with E-state index in [2.05, 4.69) is 9.97 Å². The van der Waals surface area contributed by atoms with E-state index >= 15 is 0 Å². The first kappa shape index (κ1) is 21.6. The number of halogens is 1. The molecule has 32 heavy (non-hydrogen) atoms. The summed E-state index contributed by atoms with van der Waals surface area (Å²) >= 11 is 0. The third-order valence-corrected chi connectivity index (χ3v) is 5.60. The zero-order valence-corrected chi connectivity index (χ0v) is 17.8. The van der Waals surface area contributed by atoms with Gasteiger partial charge in [0.1, 0.15) is 11.3 Å². The molecular weight excluding hydrogens is 413 g/mol. The van der Waals surface area contributed by atoms with E-state index in [9.17, 15) is 18.8 Å². The molecule has 1 saturated heterocycles. The van der Waals surface area contributed by atoms with Crippen LogP contribution in [0.4, 0.5) is 4.39 Å². The van der Waals surface area contributed by atoms with Gasteiger partial charge in [0.15, 0.2) is 11.3 Å². The molecule has 9 heteroatoms. The van der Waals surface area contributed by atoms with E-state index in [-0.39, 0.29) is 37.4 Å². The van der Waals surface area contributed by atoms with Gasteiger partial charge < -0.3 is 9.80 Å². The average Bonchev–Trinajstić information content (AvgIpc) is 2.83. The van der Waals surface area contributed by atoms with Gasteiger partial charge in [-0.2, -0.15) is 0 Å². The van der Waals surface area contributed by atoms with Crippen molar-refractivity contribution < 1.29 is 14.0 Å². The van der Waals surface area contributed by atoms with Crippen molar-refractivity contribution >= 4 is 23.0 Å². The van der Waals surface area contributed by atoms with Gasteiger partial charge >= 0.3 is 0 Å². The topological polar surface area (TPSA) is 88.4 Å². The second-order valence-corrected chi connectivity index (χ2v) is 7.68. The minimum Gasteiger partial charge on any atom is -0.335 e. The fourth-order valence-electron chi connectivity index (χ4n) is 3.81. The molecule has 8 nitrogen and oxygen atoms in total. The van der Waals surface area contributed by atoms with Crippen molar-refractivity contribution in [3.63, 3.8) is 0 Å². The Kier molecular flexibility index (Phi) is 6.25. The molecule has 0 radical (unpaired) electrons. The Hall–Kier alpha value is -3.62. The fourth-order valence-corrected chi connectivity index (χ4v) is 3.81. The molecule has 1 aliphatic rings. The fraction of sp³-hybridized carbons (Fsp3) is 0.348. The summed E-state index contributed by atoms with van der Waals surface area (Å²) in [6, 6.07) is 9.27. The van der Waals surface area contributed by atoms with E-state index in [0.29, 0.717) is 17.7 Å². The summed E-state index contributed by atoms with van der Waals surface area (Å²) in [6.07, 6.45) is 3.27. The highest BCUT2D eigenvalue weighted by Crippen LogP contribution is 2.14. The van der Waals surface area contributed by atoms with Crippen molar-refractivity contribution in [1.29, 1.82) is 0 Å². The maximum Gasteiger partial charge on any atom is 0.283 e. The lowest BCUT2D eigenvalue weighted by atomic mass is 10.1. The lowest BCUT2D eigenvalue weighted by Gasteiger charge is -2.34. The second-order valence-electron chi connectivity index (χ2n) is 7.68. The van der Waals surface area contributed by atoms with Crippen molar-refractivity contribution in [3.05, 3.63) is 70.0 Å². The van der Waals surface area contributed by atoms with E-state index < -0.39 is 23.2 Å². The molecule has 1 fully saturated rings. The normalized spacial score (nSPS) is 14.1. The highest BCUT2D eigenvalue weighted by Gasteiger charge is 2.29. The van der Waals surface area contributed by atoms with Crippen LogP contribution in [0, 0.1) is 5.82 Å². The number of fused-ring (bicyclic) bond motifs is 1. The number of benzene rings is 1. The number of rotatable bonds is 5. The van der Waals surface area contributed by atoms with Gasteiger partial charge in [0.05, 0.1) is 5.56 Å². The maximum absolute atomic E-state index is 14.0. The molecule has 0 spiro atoms. The van der Waals surface area contributed by atoms with Crippen LogP contribution in [0.3, 0.4) is 0 Å². The van der Waals surface area contributed by atoms with Crippen LogP contribution >= 0.6 is 0 Å². The first-order valence-corrected chi connectivity index (χ1v) is 10.7. The van der Waals surface area contributed by atoms with Gasteiger partial charge in [0.25, 0.3) is 17.4 Å². The standard InChI is InChI=1S/C23H24FN5O3/c1-2-3-11-29-20-18(9-6-10-25-20)26-19(23(29)32)22(31)28-14-12-27(13-15-28)21(30)16-7-4-5-8-17(16)24/h4-10H,2-3,11-15H2,1H3. The number of hydrogen-bond donors (Lipinski definition) is 0. The zero-order chi connectivity index (χ0) is 22.7. The molecule has 0 saturated carbocycles. The van der Waals surface area contributed by atoms with Crippen LogP contribution in [-0.4, -0.2) is 62.3 Å². The summed E-state index contributed by atoms with van der Waals surface area (Å²) in [5, 5.41) is 0. The van der Waals surface area contributed by atoms with E-state index in [1.54, 1.807) is 24.4 Å². The quantitative estimate of drug-likeness (QED) is 0.611. The van der Waals surface area contributed by atoms with Crippen molar-refractivity contribution in [2.75, 3.05) is 26.2 Å². The highest BCUT2D eigenvalue weighted by molar-refractivity contribution is 5.96. The zero-order valence-electron chi connectivity index (χ0n) is 17.8. The number of carbonyl (C=O) groups is 2. The number of hydrogen-bond acceptors (Lipinski definition) is 5. The van der Waals surface area contributed by atoms with Crippen LogP contribution in [0.1, 0.15) is 40.6 Å². The van der Waals surface area contributed by atoms with Crippen LogP contribution in [0.15, 0.2) is 47.4 Å². The second kappa shape index (κ2) is 9.25. The van der Waals surface area contributed by atoms with Crippen molar-refractivity contribution in [3.8, 4) is 0 Å². The van der Waals surface area contributed by atoms with E-state index in [4.69, 9.17) is 0 Å². The van der Waals surface area contributed by atoms with Crippen LogP contribution in [-0.2, 0) is 6.54 Å². The number of carbonyl (C=O) groups excluding carboxylic acids is 2. The SMILES string of the molecule is CCCCn1c(=O)c(C(=O)N2CCN(C(=O)c3ccccc3F)CC2)nc2cccnc21. The van der Waals surface area contributed by atoms with Crippen LogP contribution in [0.2, 0.25) is 0 Å². The van der Waals surface area contributed by atoms with Crippen molar-refractivity contribution in [1.82, 2.24) is 24.3 Å². The number of pyridine rings is 1. The molecule has 3 heterocycles. The van der Waals surface area contributed by atoms with Crippen LogP contribution < -0.4 is 5.56 Å². The largest absolute Gasteiger partial charge is 0.335 e. The Bertz CT molecular complexity index is 1220. The Morgan fingerprint density at radius 1 is 1.00 bits per heavy atom. The van der Waals surface area contributed by atoms with Gasteiger partial charge in [-0.3, -0.25) is 19.0 Å². The van der Waals surface area contributed by atoms with Gasteiger partial charge in [-0.1, -0.05) is 25.5 Å². The summed E-state index contributed by atoms with van der Waals surface area (Å²) in [6.45, 7) is 3.45. The van der Waals surface area contributed by atoms with Gasteiger partial charge in [-0.15, -0.1) is 0 Å². The predicted octanol–water partition coefficient (Wildman–Crippen LogP) is 2.33. The highest BCUT2D eigenvalue weighted by atomic mass is 19.1. The molecule has 4 rings (SSSR count). The molecule has 0 aliphatic carbocycles. The number of aryl methyl sites for hydroxylation is 1. The molecule has 0 atom stereocenters. The molecule has 166 valence electrons. The third-order valence-electron chi connectivity index (χ3n) is 5.60. The molecular formula is C23H24FN5O3. The van der Waals surface area contributed by atoms with Gasteiger partial charge in [-0.05, 0) is 30.7 Å². The van der Waals surface area contributed by atoms with Gasteiger partial charge in [-0.25, -0.2) is 14.4 Å². The van der Waals surface area contributed by atoms with Gasteiger partial charge in [0.2, 0.25) is 0 Å². The number of piperazine rings is 1. The lowest BCUT2D eigenvalue weighted by Crippen LogP contribution is -2.51. The molecule has 3 aromatic rings. The Balaban J connectivity index is 1.54. The minimum absolute atomic E-state index is 0.00906. The number of nitrogens with zero attached hydrogens (tertiary/aromatic N) is 5. The number of aromatic nitrogens is 3. The van der Waals surface area contributed by atoms with E-state index in [0.717, 1.165) is 12.8 Å². The van der Waals surface area contributed by atoms with Crippen LogP contribution in [0.25, 0.3) is 11.2 Å². The maximum atomic E-state index is 14.0. The first-order valence-electron chi connectivity index (χ1n) is 10.7. The number of unbranched alkanes of at least 4 members (excludes halogenated alkanes) is 1. The monoisotopic (exact) mass is 437 g/mol. The number of amides is 2. The summed E-state index contributed by atoms with van der Waals surface area (Å²) in [5.74, 6) is -1.45. The molecule has 0 unspecified atom stereocenters. The summed E-state index contributed by atoms with van der Waals surface area (Å²) in [4.78, 5) is 50.5. The molecule has 1 aliphatic heterocycles. The first-order chi connectivity index (χ1) is 15.5. The summed E-state index contributed by atoms with van der Waals surface area (Å²) in [7, 11) is 0. The Morgan fingerprint density at radius 3 is 2.38 bits per heavy atom. The summed E-state index contributed by atoms with van der Waals surface area (Å²) < 4.78 is 15.5. The van der Waals surface area contributed by atoms with E-state index in [1.807, 2.05) is 6.92 Å². The molecule has 0 bridgehead atoms. The van der Waals surface area contributed by atoms with Crippen molar-refractivity contribution in [2.45, 2.75) is 26.3 Å². The molecule has 1 aromatic carbocycles. The van der Waals surface area contributed by atoms with E-state index in [1.165, 1.54) is 32.6 Å². The molecule has 2 aromatic heterocycles. The Morgan fingerprint density at radius 2 is 1.69 bits per heavy atom. The van der Waals surface area contributed by atoms with Crippen molar-refractivity contribution in [2.24, 2.45) is 0 Å². The predicted molar refractivity (Wildman–Crippen MR) is 117 cm³/mol. The smallest absolute Gasteiger partial charge is 0.283 e. The molecule has 2 amide bonds.